The van der Waals surface area contributed by atoms with Gasteiger partial charge in [0, 0.05) is 20.0 Å². The van der Waals surface area contributed by atoms with Gasteiger partial charge in [0.25, 0.3) is 10.0 Å². The van der Waals surface area contributed by atoms with Crippen LogP contribution in [0.1, 0.15) is 55.9 Å². The smallest absolute Gasteiger partial charge is 0.308 e. The Labute approximate surface area is 187 Å². The molecule has 0 aliphatic carbocycles. The Balaban J connectivity index is 1.91. The Hall–Kier alpha value is -2.78. The van der Waals surface area contributed by atoms with Gasteiger partial charge in [-0.25, -0.2) is 12.8 Å². The minimum absolute atomic E-state index is 0.0236. The van der Waals surface area contributed by atoms with Crippen molar-refractivity contribution in [3.63, 3.8) is 0 Å². The van der Waals surface area contributed by atoms with Crippen LogP contribution in [-0.4, -0.2) is 37.6 Å². The van der Waals surface area contributed by atoms with Gasteiger partial charge in [0.1, 0.15) is 22.4 Å². The number of rotatable bonds is 7. The number of ether oxygens (including phenoxy) is 2. The number of esters is 1. The third-order valence-electron chi connectivity index (χ3n) is 5.23. The van der Waals surface area contributed by atoms with Crippen LogP contribution in [0, 0.1) is 5.82 Å². The zero-order chi connectivity index (χ0) is 23.5. The van der Waals surface area contributed by atoms with Crippen molar-refractivity contribution in [2.24, 2.45) is 4.40 Å². The highest BCUT2D eigenvalue weighted by Crippen LogP contribution is 2.42. The minimum Gasteiger partial charge on any atom is -0.472 e. The molecule has 0 saturated heterocycles. The average Bonchev–Trinajstić information content (AvgIpc) is 2.67. The summed E-state index contributed by atoms with van der Waals surface area (Å²) in [4.78, 5) is 11.1. The first-order chi connectivity index (χ1) is 15.0. The third-order valence-corrected chi connectivity index (χ3v) is 7.12. The molecule has 3 rings (SSSR count). The maximum absolute atomic E-state index is 14.3. The lowest BCUT2D eigenvalue weighted by atomic mass is 9.91. The Bertz CT molecular complexity index is 1110. The summed E-state index contributed by atoms with van der Waals surface area (Å²) in [5, 5.41) is 8.35. The highest BCUT2D eigenvalue weighted by atomic mass is 32.2. The second kappa shape index (κ2) is 9.38. The summed E-state index contributed by atoms with van der Waals surface area (Å²) in [6.07, 6.45) is 0.257. The number of carbonyl (C=O) groups is 1. The van der Waals surface area contributed by atoms with Crippen LogP contribution in [-0.2, 0) is 19.6 Å². The van der Waals surface area contributed by atoms with Crippen LogP contribution in [0.25, 0.3) is 0 Å². The quantitative estimate of drug-likeness (QED) is 0.494. The van der Waals surface area contributed by atoms with E-state index in [-0.39, 0.29) is 25.3 Å². The van der Waals surface area contributed by atoms with E-state index in [1.807, 2.05) is 0 Å². The van der Waals surface area contributed by atoms with Crippen LogP contribution in [0.3, 0.4) is 0 Å². The highest BCUT2D eigenvalue weighted by molar-refractivity contribution is 7.90. The second-order valence-electron chi connectivity index (χ2n) is 8.18. The molecule has 1 heterocycles. The summed E-state index contributed by atoms with van der Waals surface area (Å²) in [5.74, 6) is -1.13. The van der Waals surface area contributed by atoms with Gasteiger partial charge in [0.15, 0.2) is 0 Å². The van der Waals surface area contributed by atoms with Gasteiger partial charge in [0.05, 0.1) is 0 Å². The van der Waals surface area contributed by atoms with Gasteiger partial charge in [-0.05, 0) is 55.5 Å². The number of aliphatic hydroxyl groups excluding tert-OH is 1. The zero-order valence-electron chi connectivity index (χ0n) is 18.1. The van der Waals surface area contributed by atoms with Crippen molar-refractivity contribution < 1.29 is 32.2 Å². The molecule has 1 aliphatic heterocycles. The standard InChI is InChI=1S/C23H26FNO6S/c1-15(27)30-18-10-8-16(9-11-18)22-23(2,3)31-21(25-32(22,28)29)14-17(12-13-26)19-6-4-5-7-20(19)24/h4-11,17,22,26H,12-14H2,1-3H3/t17-,22?/m1/s1. The normalized spacial score (nSPS) is 20.0. The molecule has 2 aromatic carbocycles. The number of hydrogen-bond donors (Lipinski definition) is 1. The van der Waals surface area contributed by atoms with Crippen molar-refractivity contribution in [1.82, 2.24) is 0 Å². The number of carbonyl (C=O) groups excluding carboxylic acids is 1. The van der Waals surface area contributed by atoms with Gasteiger partial charge < -0.3 is 14.6 Å². The number of sulfonamides is 1. The van der Waals surface area contributed by atoms with E-state index >= 15 is 0 Å². The van der Waals surface area contributed by atoms with Crippen molar-refractivity contribution in [2.45, 2.75) is 50.4 Å². The van der Waals surface area contributed by atoms with E-state index < -0.39 is 38.6 Å². The Kier molecular flexibility index (Phi) is 7.00. The van der Waals surface area contributed by atoms with E-state index in [2.05, 4.69) is 4.40 Å². The van der Waals surface area contributed by atoms with Gasteiger partial charge in [-0.1, -0.05) is 30.3 Å². The van der Waals surface area contributed by atoms with Gasteiger partial charge in [0.2, 0.25) is 5.90 Å². The molecule has 0 saturated carbocycles. The first-order valence-electron chi connectivity index (χ1n) is 10.2. The number of aliphatic hydroxyl groups is 1. The number of nitrogens with zero attached hydrogens (tertiary/aromatic N) is 1. The van der Waals surface area contributed by atoms with Crippen molar-refractivity contribution in [3.8, 4) is 5.75 Å². The molecule has 1 N–H and O–H groups in total. The van der Waals surface area contributed by atoms with E-state index in [1.54, 1.807) is 44.2 Å². The molecule has 0 aromatic heterocycles. The van der Waals surface area contributed by atoms with E-state index in [0.717, 1.165) is 0 Å². The van der Waals surface area contributed by atoms with E-state index in [9.17, 15) is 22.7 Å². The Morgan fingerprint density at radius 1 is 1.22 bits per heavy atom. The zero-order valence-corrected chi connectivity index (χ0v) is 18.9. The monoisotopic (exact) mass is 463 g/mol. The molecule has 0 amide bonds. The first-order valence-corrected chi connectivity index (χ1v) is 11.7. The molecule has 7 nitrogen and oxygen atoms in total. The molecule has 1 aliphatic rings. The predicted octanol–water partition coefficient (Wildman–Crippen LogP) is 3.89. The fraction of sp³-hybridized carbons (Fsp3) is 0.391. The van der Waals surface area contributed by atoms with Gasteiger partial charge in [-0.2, -0.15) is 0 Å². The molecule has 1 unspecified atom stereocenters. The first kappa shape index (κ1) is 23.9. The Morgan fingerprint density at radius 2 is 1.88 bits per heavy atom. The van der Waals surface area contributed by atoms with Crippen LogP contribution in [0.4, 0.5) is 4.39 Å². The van der Waals surface area contributed by atoms with E-state index in [4.69, 9.17) is 9.47 Å². The minimum atomic E-state index is -4.02. The number of hydrogen-bond acceptors (Lipinski definition) is 6. The van der Waals surface area contributed by atoms with E-state index in [1.165, 1.54) is 25.1 Å². The van der Waals surface area contributed by atoms with Crippen molar-refractivity contribution >= 4 is 21.9 Å². The Morgan fingerprint density at radius 3 is 2.44 bits per heavy atom. The summed E-state index contributed by atoms with van der Waals surface area (Å²) >= 11 is 0. The molecule has 32 heavy (non-hydrogen) atoms. The van der Waals surface area contributed by atoms with Crippen LogP contribution < -0.4 is 4.74 Å². The van der Waals surface area contributed by atoms with Crippen molar-refractivity contribution in [3.05, 3.63) is 65.5 Å². The highest BCUT2D eigenvalue weighted by Gasteiger charge is 2.47. The van der Waals surface area contributed by atoms with Crippen molar-refractivity contribution in [2.75, 3.05) is 6.61 Å². The molecule has 2 atom stereocenters. The van der Waals surface area contributed by atoms with Crippen LogP contribution in [0.2, 0.25) is 0 Å². The summed E-state index contributed by atoms with van der Waals surface area (Å²) < 4.78 is 55.5. The lowest BCUT2D eigenvalue weighted by molar-refractivity contribution is -0.131. The van der Waals surface area contributed by atoms with Gasteiger partial charge in [-0.3, -0.25) is 4.79 Å². The van der Waals surface area contributed by atoms with Crippen LogP contribution in [0.15, 0.2) is 52.9 Å². The predicted molar refractivity (Wildman–Crippen MR) is 117 cm³/mol. The average molecular weight is 464 g/mol. The van der Waals surface area contributed by atoms with Crippen LogP contribution >= 0.6 is 0 Å². The number of halogens is 1. The molecule has 0 radical (unpaired) electrons. The van der Waals surface area contributed by atoms with E-state index in [0.29, 0.717) is 16.9 Å². The van der Waals surface area contributed by atoms with Gasteiger partial charge >= 0.3 is 5.97 Å². The van der Waals surface area contributed by atoms with Crippen molar-refractivity contribution in [1.29, 1.82) is 0 Å². The molecule has 0 spiro atoms. The topological polar surface area (TPSA) is 102 Å². The SMILES string of the molecule is CC(=O)Oc1ccc(C2C(C)(C)OC(C[C@@H](CCO)c3ccccc3F)=NS2(=O)=O)cc1. The van der Waals surface area contributed by atoms with Gasteiger partial charge in [-0.15, -0.1) is 4.40 Å². The number of benzene rings is 2. The molecule has 9 heteroatoms. The molecule has 0 fully saturated rings. The second-order valence-corrected chi connectivity index (χ2v) is 9.87. The largest absolute Gasteiger partial charge is 0.472 e. The molecule has 2 aromatic rings. The maximum Gasteiger partial charge on any atom is 0.308 e. The fourth-order valence-corrected chi connectivity index (χ4v) is 5.77. The molecular formula is C23H26FNO6S. The van der Waals surface area contributed by atoms with Crippen LogP contribution in [0.5, 0.6) is 5.75 Å². The third kappa shape index (κ3) is 5.34. The lowest BCUT2D eigenvalue weighted by Gasteiger charge is -2.38. The fourth-order valence-electron chi connectivity index (χ4n) is 4.00. The summed E-state index contributed by atoms with van der Waals surface area (Å²) in [5.41, 5.74) is -0.362. The summed E-state index contributed by atoms with van der Waals surface area (Å²) in [7, 11) is -4.02. The molecule has 172 valence electrons. The summed E-state index contributed by atoms with van der Waals surface area (Å²) in [6, 6.07) is 12.3. The maximum atomic E-state index is 14.3. The molecule has 0 bridgehead atoms. The summed E-state index contributed by atoms with van der Waals surface area (Å²) in [6.45, 7) is 4.37. The lowest BCUT2D eigenvalue weighted by Crippen LogP contribution is -2.43. The molecular weight excluding hydrogens is 437 g/mol.